The van der Waals surface area contributed by atoms with Crippen LogP contribution in [0.1, 0.15) is 52.0 Å². The van der Waals surface area contributed by atoms with Gasteiger partial charge < -0.3 is 10.1 Å². The van der Waals surface area contributed by atoms with E-state index in [-0.39, 0.29) is 11.9 Å². The van der Waals surface area contributed by atoms with Crippen LogP contribution in [-0.2, 0) is 6.42 Å². The van der Waals surface area contributed by atoms with Crippen LogP contribution in [0.15, 0.2) is 49.1 Å². The van der Waals surface area contributed by atoms with Crippen molar-refractivity contribution in [3.05, 3.63) is 76.9 Å². The molecule has 0 saturated carbocycles. The quantitative estimate of drug-likeness (QED) is 0.728. The highest BCUT2D eigenvalue weighted by Gasteiger charge is 2.16. The van der Waals surface area contributed by atoms with Crippen LogP contribution in [0.25, 0.3) is 0 Å². The molecular weight excluding hydrogens is 310 g/mol. The highest BCUT2D eigenvalue weighted by atomic mass is 16.5. The predicted molar refractivity (Wildman–Crippen MR) is 103 cm³/mol. The van der Waals surface area contributed by atoms with Gasteiger partial charge in [0, 0.05) is 5.56 Å². The molecule has 0 fully saturated rings. The first kappa shape index (κ1) is 18.8. The molecule has 0 spiro atoms. The van der Waals surface area contributed by atoms with Gasteiger partial charge in [-0.25, -0.2) is 0 Å². The topological polar surface area (TPSA) is 38.3 Å². The number of carbonyl (C=O) groups excluding carboxylic acids is 1. The largest absolute Gasteiger partial charge is 0.496 e. The normalized spacial score (nSPS) is 11.7. The first-order chi connectivity index (χ1) is 12.0. The Labute approximate surface area is 150 Å². The van der Waals surface area contributed by atoms with Crippen molar-refractivity contribution in [2.45, 2.75) is 39.7 Å². The van der Waals surface area contributed by atoms with Crippen molar-refractivity contribution < 1.29 is 9.53 Å². The molecule has 0 aliphatic rings. The van der Waals surface area contributed by atoms with Crippen molar-refractivity contribution in [3.63, 3.8) is 0 Å². The van der Waals surface area contributed by atoms with Gasteiger partial charge in [0.15, 0.2) is 0 Å². The zero-order valence-corrected chi connectivity index (χ0v) is 15.6. The Bertz CT molecular complexity index is 765. The van der Waals surface area contributed by atoms with Crippen molar-refractivity contribution in [2.24, 2.45) is 0 Å². The molecule has 0 aromatic heterocycles. The summed E-state index contributed by atoms with van der Waals surface area (Å²) in [6, 6.07) is 11.9. The molecule has 0 unspecified atom stereocenters. The average Bonchev–Trinajstić information content (AvgIpc) is 2.62. The van der Waals surface area contributed by atoms with Crippen LogP contribution >= 0.6 is 0 Å². The molecule has 0 aliphatic carbocycles. The molecule has 132 valence electrons. The molecular formula is C22H27NO2. The molecule has 2 aromatic rings. The van der Waals surface area contributed by atoms with Crippen LogP contribution in [0.5, 0.6) is 5.75 Å². The highest BCUT2D eigenvalue weighted by molar-refractivity contribution is 5.94. The minimum atomic E-state index is -0.0713. The van der Waals surface area contributed by atoms with E-state index in [0.717, 1.165) is 23.3 Å². The van der Waals surface area contributed by atoms with E-state index in [0.29, 0.717) is 12.0 Å². The van der Waals surface area contributed by atoms with Gasteiger partial charge in [0.05, 0.1) is 13.2 Å². The van der Waals surface area contributed by atoms with Crippen LogP contribution in [0.3, 0.4) is 0 Å². The second-order valence-electron chi connectivity index (χ2n) is 6.30. The van der Waals surface area contributed by atoms with Crippen molar-refractivity contribution in [1.29, 1.82) is 0 Å². The summed E-state index contributed by atoms with van der Waals surface area (Å²) >= 11 is 0. The lowest BCUT2D eigenvalue weighted by atomic mass is 9.99. The van der Waals surface area contributed by atoms with Gasteiger partial charge in [-0.1, -0.05) is 31.2 Å². The van der Waals surface area contributed by atoms with E-state index in [1.165, 1.54) is 11.1 Å². The molecule has 0 heterocycles. The number of carbonyl (C=O) groups is 1. The zero-order valence-electron chi connectivity index (χ0n) is 15.6. The summed E-state index contributed by atoms with van der Waals surface area (Å²) < 4.78 is 5.35. The molecule has 25 heavy (non-hydrogen) atoms. The molecule has 1 amide bonds. The minimum absolute atomic E-state index is 0.00300. The minimum Gasteiger partial charge on any atom is -0.496 e. The van der Waals surface area contributed by atoms with Crippen molar-refractivity contribution in [1.82, 2.24) is 5.32 Å². The Balaban J connectivity index is 2.23. The van der Waals surface area contributed by atoms with Gasteiger partial charge in [-0.2, -0.15) is 0 Å². The molecule has 0 bridgehead atoms. The number of aryl methyl sites for hydroxylation is 2. The summed E-state index contributed by atoms with van der Waals surface area (Å²) in [7, 11) is 1.63. The molecule has 1 atom stereocenters. The fourth-order valence-electron chi connectivity index (χ4n) is 2.88. The van der Waals surface area contributed by atoms with Gasteiger partial charge in [-0.05, 0) is 67.1 Å². The van der Waals surface area contributed by atoms with Crippen LogP contribution in [0.2, 0.25) is 0 Å². The molecule has 0 saturated heterocycles. The number of rotatable bonds is 7. The number of ether oxygens (including phenoxy) is 1. The first-order valence-corrected chi connectivity index (χ1v) is 8.66. The number of allylic oxidation sites excluding steroid dienone is 1. The number of benzene rings is 2. The third kappa shape index (κ3) is 4.50. The number of hydrogen-bond acceptors (Lipinski definition) is 2. The van der Waals surface area contributed by atoms with E-state index < -0.39 is 0 Å². The third-order valence-corrected chi connectivity index (χ3v) is 4.55. The Morgan fingerprint density at radius 1 is 1.20 bits per heavy atom. The summed E-state index contributed by atoms with van der Waals surface area (Å²) in [5.41, 5.74) is 5.24. The molecule has 0 aliphatic heterocycles. The molecule has 3 heteroatoms. The number of nitrogens with one attached hydrogen (secondary N) is 1. The lowest BCUT2D eigenvalue weighted by molar-refractivity contribution is 0.0935. The SMILES string of the molecule is C=CCc1cc(C(=O)N[C@@H](CC)c2ccc(C)c(C)c2)ccc1OC. The Kier molecular flexibility index (Phi) is 6.40. The standard InChI is InChI=1S/C22H27NO2/c1-6-8-18-14-19(11-12-21(18)25-5)22(24)23-20(7-2)17-10-9-15(3)16(4)13-17/h6,9-14,20H,1,7-8H2,2-5H3,(H,23,24)/t20-/m0/s1. The van der Waals surface area contributed by atoms with E-state index in [9.17, 15) is 4.79 Å². The number of amides is 1. The van der Waals surface area contributed by atoms with E-state index >= 15 is 0 Å². The van der Waals surface area contributed by atoms with Gasteiger partial charge in [0.2, 0.25) is 0 Å². The van der Waals surface area contributed by atoms with Crippen molar-refractivity contribution >= 4 is 5.91 Å². The van der Waals surface area contributed by atoms with Crippen molar-refractivity contribution in [2.75, 3.05) is 7.11 Å². The zero-order chi connectivity index (χ0) is 18.4. The van der Waals surface area contributed by atoms with Gasteiger partial charge in [0.1, 0.15) is 5.75 Å². The molecule has 1 N–H and O–H groups in total. The maximum atomic E-state index is 12.7. The molecule has 3 nitrogen and oxygen atoms in total. The second-order valence-corrected chi connectivity index (χ2v) is 6.30. The fourth-order valence-corrected chi connectivity index (χ4v) is 2.88. The summed E-state index contributed by atoms with van der Waals surface area (Å²) in [5, 5.41) is 3.15. The van der Waals surface area contributed by atoms with Gasteiger partial charge in [-0.3, -0.25) is 4.79 Å². The second kappa shape index (κ2) is 8.52. The summed E-state index contributed by atoms with van der Waals surface area (Å²) in [6.07, 6.45) is 3.31. The van der Waals surface area contributed by atoms with E-state index in [1.807, 2.05) is 18.2 Å². The summed E-state index contributed by atoms with van der Waals surface area (Å²) in [6.45, 7) is 10.0. The van der Waals surface area contributed by atoms with Crippen LogP contribution in [-0.4, -0.2) is 13.0 Å². The Hall–Kier alpha value is -2.55. The smallest absolute Gasteiger partial charge is 0.251 e. The van der Waals surface area contributed by atoms with E-state index in [1.54, 1.807) is 13.2 Å². The lowest BCUT2D eigenvalue weighted by Crippen LogP contribution is -2.28. The molecule has 2 rings (SSSR count). The van der Waals surface area contributed by atoms with E-state index in [4.69, 9.17) is 4.74 Å². The molecule has 0 radical (unpaired) electrons. The van der Waals surface area contributed by atoms with Gasteiger partial charge >= 0.3 is 0 Å². The third-order valence-electron chi connectivity index (χ3n) is 4.55. The number of methoxy groups -OCH3 is 1. The maximum Gasteiger partial charge on any atom is 0.251 e. The Morgan fingerprint density at radius 3 is 2.56 bits per heavy atom. The molecule has 2 aromatic carbocycles. The first-order valence-electron chi connectivity index (χ1n) is 8.66. The number of hydrogen-bond donors (Lipinski definition) is 1. The van der Waals surface area contributed by atoms with E-state index in [2.05, 4.69) is 50.9 Å². The Morgan fingerprint density at radius 2 is 1.96 bits per heavy atom. The predicted octanol–water partition coefficient (Wildman–Crippen LogP) is 4.92. The summed E-state index contributed by atoms with van der Waals surface area (Å²) in [5.74, 6) is 0.704. The highest BCUT2D eigenvalue weighted by Crippen LogP contribution is 2.23. The van der Waals surface area contributed by atoms with Crippen molar-refractivity contribution in [3.8, 4) is 5.75 Å². The van der Waals surface area contributed by atoms with Crippen LogP contribution in [0.4, 0.5) is 0 Å². The van der Waals surface area contributed by atoms with Gasteiger partial charge in [-0.15, -0.1) is 6.58 Å². The van der Waals surface area contributed by atoms with Crippen LogP contribution < -0.4 is 10.1 Å². The van der Waals surface area contributed by atoms with Crippen LogP contribution in [0, 0.1) is 13.8 Å². The lowest BCUT2D eigenvalue weighted by Gasteiger charge is -2.19. The average molecular weight is 337 g/mol. The summed E-state index contributed by atoms with van der Waals surface area (Å²) in [4.78, 5) is 12.7. The fraction of sp³-hybridized carbons (Fsp3) is 0.318. The van der Waals surface area contributed by atoms with Gasteiger partial charge in [0.25, 0.3) is 5.91 Å². The maximum absolute atomic E-state index is 12.7. The monoisotopic (exact) mass is 337 g/mol.